The van der Waals surface area contributed by atoms with Crippen molar-refractivity contribution in [2.75, 3.05) is 5.73 Å². The van der Waals surface area contributed by atoms with Gasteiger partial charge in [-0.1, -0.05) is 47.0 Å². The van der Waals surface area contributed by atoms with E-state index in [0.717, 1.165) is 27.9 Å². The van der Waals surface area contributed by atoms with Gasteiger partial charge in [-0.05, 0) is 49.2 Å². The molecule has 0 atom stereocenters. The van der Waals surface area contributed by atoms with Crippen LogP contribution in [0.1, 0.15) is 16.7 Å². The Morgan fingerprint density at radius 3 is 2.40 bits per heavy atom. The highest BCUT2D eigenvalue weighted by atomic mass is 35.5. The Morgan fingerprint density at radius 1 is 0.960 bits per heavy atom. The second kappa shape index (κ2) is 6.76. The molecule has 0 aliphatic rings. The van der Waals surface area contributed by atoms with E-state index in [1.54, 1.807) is 12.1 Å². The Labute approximate surface area is 156 Å². The van der Waals surface area contributed by atoms with Crippen LogP contribution in [0.3, 0.4) is 0 Å². The first kappa shape index (κ1) is 17.3. The molecule has 0 aliphatic heterocycles. The fourth-order valence-electron chi connectivity index (χ4n) is 2.72. The summed E-state index contributed by atoms with van der Waals surface area (Å²) in [6.45, 7) is 4.04. The number of hydrogen-bond acceptors (Lipinski definition) is 3. The minimum absolute atomic E-state index is 0.196. The number of benzene rings is 2. The van der Waals surface area contributed by atoms with Gasteiger partial charge in [0.1, 0.15) is 17.5 Å². The molecule has 2 N–H and O–H groups in total. The SMILES string of the molecule is Cc1ccc(C)c(-c2cc(-c3ccc(Cl)c(Cl)c3)c(C#N)c(N)n2)c1. The molecule has 0 fully saturated rings. The highest BCUT2D eigenvalue weighted by Gasteiger charge is 2.15. The molecule has 0 radical (unpaired) electrons. The molecule has 3 nitrogen and oxygen atoms in total. The molecule has 1 aromatic heterocycles. The smallest absolute Gasteiger partial charge is 0.142 e. The third-order valence-corrected chi connectivity index (χ3v) is 4.80. The molecule has 0 bridgehead atoms. The van der Waals surface area contributed by atoms with E-state index in [4.69, 9.17) is 28.9 Å². The summed E-state index contributed by atoms with van der Waals surface area (Å²) in [5, 5.41) is 10.4. The maximum atomic E-state index is 9.52. The summed E-state index contributed by atoms with van der Waals surface area (Å²) >= 11 is 12.1. The molecule has 5 heteroatoms. The van der Waals surface area contributed by atoms with Gasteiger partial charge in [-0.2, -0.15) is 5.26 Å². The minimum atomic E-state index is 0.196. The van der Waals surface area contributed by atoms with Crippen LogP contribution in [0.25, 0.3) is 22.4 Å². The molecule has 124 valence electrons. The van der Waals surface area contributed by atoms with Crippen molar-refractivity contribution in [3.63, 3.8) is 0 Å². The Kier molecular flexibility index (Phi) is 4.67. The fourth-order valence-corrected chi connectivity index (χ4v) is 3.02. The average molecular weight is 368 g/mol. The number of hydrogen-bond donors (Lipinski definition) is 1. The normalized spacial score (nSPS) is 10.5. The Balaban J connectivity index is 2.28. The number of aryl methyl sites for hydroxylation is 2. The first-order valence-corrected chi connectivity index (χ1v) is 8.40. The van der Waals surface area contributed by atoms with E-state index in [9.17, 15) is 5.26 Å². The zero-order chi connectivity index (χ0) is 18.1. The molecule has 1 heterocycles. The number of pyridine rings is 1. The van der Waals surface area contributed by atoms with Gasteiger partial charge in [0.2, 0.25) is 0 Å². The van der Waals surface area contributed by atoms with Gasteiger partial charge in [0, 0.05) is 11.1 Å². The minimum Gasteiger partial charge on any atom is -0.383 e. The monoisotopic (exact) mass is 367 g/mol. The zero-order valence-electron chi connectivity index (χ0n) is 13.8. The molecule has 3 rings (SSSR count). The van der Waals surface area contributed by atoms with Crippen LogP contribution in [0.4, 0.5) is 5.82 Å². The number of rotatable bonds is 2. The van der Waals surface area contributed by atoms with E-state index in [2.05, 4.69) is 17.1 Å². The van der Waals surface area contributed by atoms with Gasteiger partial charge in [-0.3, -0.25) is 0 Å². The molecular weight excluding hydrogens is 353 g/mol. The van der Waals surface area contributed by atoms with Crippen molar-refractivity contribution in [3.05, 3.63) is 69.2 Å². The van der Waals surface area contributed by atoms with Gasteiger partial charge in [0.15, 0.2) is 0 Å². The summed E-state index contributed by atoms with van der Waals surface area (Å²) in [5.74, 6) is 0.196. The van der Waals surface area contributed by atoms with Gasteiger partial charge in [-0.15, -0.1) is 0 Å². The maximum Gasteiger partial charge on any atom is 0.142 e. The highest BCUT2D eigenvalue weighted by molar-refractivity contribution is 6.42. The number of nitrogens with two attached hydrogens (primary N) is 1. The number of nitriles is 1. The van der Waals surface area contributed by atoms with Crippen LogP contribution in [0.5, 0.6) is 0 Å². The van der Waals surface area contributed by atoms with Crippen molar-refractivity contribution in [2.45, 2.75) is 13.8 Å². The summed E-state index contributed by atoms with van der Waals surface area (Å²) in [4.78, 5) is 4.44. The molecule has 0 saturated heterocycles. The van der Waals surface area contributed by atoms with Gasteiger partial charge in [-0.25, -0.2) is 4.98 Å². The molecule has 2 aromatic carbocycles. The number of aromatic nitrogens is 1. The van der Waals surface area contributed by atoms with Crippen LogP contribution in [-0.4, -0.2) is 4.98 Å². The first-order valence-electron chi connectivity index (χ1n) is 7.64. The standard InChI is InChI=1S/C20H15Cl2N3/c1-11-3-4-12(2)14(7-11)19-9-15(16(10-23)20(24)25-19)13-5-6-17(21)18(22)8-13/h3-9H,1-2H3,(H2,24,25). The van der Waals surface area contributed by atoms with Crippen molar-refractivity contribution in [1.29, 1.82) is 5.26 Å². The molecule has 3 aromatic rings. The van der Waals surface area contributed by atoms with E-state index in [1.807, 2.05) is 38.1 Å². The van der Waals surface area contributed by atoms with Crippen molar-refractivity contribution < 1.29 is 0 Å². The van der Waals surface area contributed by atoms with Gasteiger partial charge in [0.05, 0.1) is 15.7 Å². The Hall–Kier alpha value is -2.54. The maximum absolute atomic E-state index is 9.52. The lowest BCUT2D eigenvalue weighted by atomic mass is 9.96. The molecule has 0 saturated carbocycles. The zero-order valence-corrected chi connectivity index (χ0v) is 15.3. The van der Waals surface area contributed by atoms with Gasteiger partial charge >= 0.3 is 0 Å². The molecule has 0 aliphatic carbocycles. The van der Waals surface area contributed by atoms with Crippen molar-refractivity contribution in [3.8, 4) is 28.5 Å². The summed E-state index contributed by atoms with van der Waals surface area (Å²) in [5.41, 5.74) is 11.8. The second-order valence-electron chi connectivity index (χ2n) is 5.87. The third kappa shape index (κ3) is 3.32. The summed E-state index contributed by atoms with van der Waals surface area (Å²) in [6, 6.07) is 15.4. The fraction of sp³-hybridized carbons (Fsp3) is 0.100. The lowest BCUT2D eigenvalue weighted by Gasteiger charge is -2.13. The van der Waals surface area contributed by atoms with E-state index >= 15 is 0 Å². The molecular formula is C20H15Cl2N3. The van der Waals surface area contributed by atoms with Crippen molar-refractivity contribution in [1.82, 2.24) is 4.98 Å². The highest BCUT2D eigenvalue weighted by Crippen LogP contribution is 2.35. The average Bonchev–Trinajstić information content (AvgIpc) is 2.58. The number of nitrogen functional groups attached to an aromatic ring is 1. The predicted octanol–water partition coefficient (Wildman–Crippen LogP) is 5.79. The lowest BCUT2D eigenvalue weighted by molar-refractivity contribution is 1.28. The van der Waals surface area contributed by atoms with Gasteiger partial charge < -0.3 is 5.73 Å². The first-order chi connectivity index (χ1) is 11.9. The quantitative estimate of drug-likeness (QED) is 0.622. The van der Waals surface area contributed by atoms with E-state index in [-0.39, 0.29) is 5.82 Å². The topological polar surface area (TPSA) is 62.7 Å². The van der Waals surface area contributed by atoms with Crippen LogP contribution < -0.4 is 5.73 Å². The second-order valence-corrected chi connectivity index (χ2v) is 6.69. The van der Waals surface area contributed by atoms with Crippen LogP contribution >= 0.6 is 23.2 Å². The molecule has 0 amide bonds. The lowest BCUT2D eigenvalue weighted by Crippen LogP contribution is -2.00. The third-order valence-electron chi connectivity index (χ3n) is 4.06. The summed E-state index contributed by atoms with van der Waals surface area (Å²) in [7, 11) is 0. The van der Waals surface area contributed by atoms with Crippen molar-refractivity contribution in [2.24, 2.45) is 0 Å². The molecule has 0 spiro atoms. The molecule has 25 heavy (non-hydrogen) atoms. The Morgan fingerprint density at radius 2 is 1.72 bits per heavy atom. The summed E-state index contributed by atoms with van der Waals surface area (Å²) in [6.07, 6.45) is 0. The summed E-state index contributed by atoms with van der Waals surface area (Å²) < 4.78 is 0. The van der Waals surface area contributed by atoms with E-state index < -0.39 is 0 Å². The van der Waals surface area contributed by atoms with Crippen LogP contribution in [-0.2, 0) is 0 Å². The Bertz CT molecular complexity index is 1020. The predicted molar refractivity (Wildman–Crippen MR) is 104 cm³/mol. The van der Waals surface area contributed by atoms with E-state index in [0.29, 0.717) is 21.2 Å². The number of anilines is 1. The largest absolute Gasteiger partial charge is 0.383 e. The van der Waals surface area contributed by atoms with Crippen LogP contribution in [0.2, 0.25) is 10.0 Å². The van der Waals surface area contributed by atoms with Crippen molar-refractivity contribution >= 4 is 29.0 Å². The van der Waals surface area contributed by atoms with E-state index in [1.165, 1.54) is 0 Å². The number of halogens is 2. The van der Waals surface area contributed by atoms with Gasteiger partial charge in [0.25, 0.3) is 0 Å². The van der Waals surface area contributed by atoms with Crippen LogP contribution in [0.15, 0.2) is 42.5 Å². The van der Waals surface area contributed by atoms with Crippen LogP contribution in [0, 0.1) is 25.2 Å². The molecule has 0 unspecified atom stereocenters. The number of nitrogens with zero attached hydrogens (tertiary/aromatic N) is 2.